The van der Waals surface area contributed by atoms with E-state index in [1.54, 1.807) is 0 Å². The van der Waals surface area contributed by atoms with Crippen molar-refractivity contribution in [1.82, 2.24) is 20.3 Å². The highest BCUT2D eigenvalue weighted by molar-refractivity contribution is 6.17. The molecule has 0 unspecified atom stereocenters. The maximum absolute atomic E-state index is 5.51. The topological polar surface area (TPSA) is 100.0 Å². The van der Waals surface area contributed by atoms with Gasteiger partial charge in [0.1, 0.15) is 0 Å². The molecule has 2 rings (SSSR count). The number of nitrogens with two attached hydrogens (primary N) is 1. The number of hydrogen-bond acceptors (Lipinski definition) is 7. The molecule has 0 bridgehead atoms. The summed E-state index contributed by atoms with van der Waals surface area (Å²) in [6, 6.07) is 0. The van der Waals surface area contributed by atoms with Gasteiger partial charge in [0, 0.05) is 5.88 Å². The minimum absolute atomic E-state index is 0.0686. The van der Waals surface area contributed by atoms with E-state index in [1.165, 1.54) is 0 Å². The van der Waals surface area contributed by atoms with Crippen molar-refractivity contribution >= 4 is 28.7 Å². The van der Waals surface area contributed by atoms with Gasteiger partial charge in [-0.3, -0.25) is 0 Å². The first kappa shape index (κ1) is 9.91. The number of nitrogens with zero attached hydrogens (tertiary/aromatic N) is 4. The van der Waals surface area contributed by atoms with Gasteiger partial charge in [-0.15, -0.1) is 11.6 Å². The van der Waals surface area contributed by atoms with Crippen LogP contribution in [0.2, 0.25) is 0 Å². The lowest BCUT2D eigenvalue weighted by Crippen LogP contribution is -2.03. The van der Waals surface area contributed by atoms with E-state index in [-0.39, 0.29) is 17.5 Å². The molecule has 2 aromatic heterocycles. The lowest BCUT2D eigenvalue weighted by Gasteiger charge is -2.03. The molecule has 0 aliphatic rings. The van der Waals surface area contributed by atoms with Gasteiger partial charge in [0.25, 0.3) is 5.88 Å². The van der Waals surface area contributed by atoms with Crippen LogP contribution in [-0.4, -0.2) is 32.8 Å². The van der Waals surface area contributed by atoms with Gasteiger partial charge < -0.3 is 10.5 Å². The molecule has 0 fully saturated rings. The predicted octanol–water partition coefficient (Wildman–Crippen LogP) is 0.603. The molecule has 2 aromatic rings. The molecule has 0 amide bonds. The first-order chi connectivity index (χ1) is 7.31. The second-order valence-corrected chi connectivity index (χ2v) is 3.09. The Morgan fingerprint density at radius 1 is 1.33 bits per heavy atom. The van der Waals surface area contributed by atoms with Crippen molar-refractivity contribution in [3.8, 4) is 5.88 Å². The second-order valence-electron chi connectivity index (χ2n) is 2.71. The summed E-state index contributed by atoms with van der Waals surface area (Å²) < 4.78 is 9.82. The van der Waals surface area contributed by atoms with Gasteiger partial charge in [0.05, 0.1) is 6.61 Å². The van der Waals surface area contributed by atoms with Crippen LogP contribution >= 0.6 is 11.6 Å². The Balaban J connectivity index is 2.27. The molecule has 80 valence electrons. The van der Waals surface area contributed by atoms with Crippen LogP contribution in [0.4, 0.5) is 5.95 Å². The maximum Gasteiger partial charge on any atom is 0.251 e. The third-order valence-electron chi connectivity index (χ3n) is 1.63. The number of hydrogen-bond donors (Lipinski definition) is 1. The van der Waals surface area contributed by atoms with E-state index in [2.05, 4.69) is 24.9 Å². The number of ether oxygens (including phenoxy) is 1. The molecule has 15 heavy (non-hydrogen) atoms. The zero-order valence-electron chi connectivity index (χ0n) is 7.68. The molecule has 0 saturated carbocycles. The number of aromatic nitrogens is 4. The van der Waals surface area contributed by atoms with Crippen LogP contribution < -0.4 is 10.5 Å². The first-order valence-corrected chi connectivity index (χ1v) is 4.79. The zero-order chi connectivity index (χ0) is 10.7. The van der Waals surface area contributed by atoms with E-state index in [0.717, 1.165) is 0 Å². The van der Waals surface area contributed by atoms with E-state index in [4.69, 9.17) is 22.1 Å². The van der Waals surface area contributed by atoms with Crippen LogP contribution in [0.5, 0.6) is 5.88 Å². The van der Waals surface area contributed by atoms with Gasteiger partial charge in [-0.2, -0.15) is 9.97 Å². The minimum atomic E-state index is 0.0686. The predicted molar refractivity (Wildman–Crippen MR) is 52.6 cm³/mol. The Hall–Kier alpha value is -1.63. The van der Waals surface area contributed by atoms with Crippen molar-refractivity contribution in [2.24, 2.45) is 0 Å². The Bertz CT molecular complexity index is 460. The number of fused-ring (bicyclic) bond motifs is 1. The van der Waals surface area contributed by atoms with Gasteiger partial charge in [-0.05, 0) is 16.7 Å². The van der Waals surface area contributed by atoms with Gasteiger partial charge in [0.15, 0.2) is 0 Å². The molecule has 2 heterocycles. The summed E-state index contributed by atoms with van der Waals surface area (Å²) in [6.07, 6.45) is 0.707. The quantitative estimate of drug-likeness (QED) is 0.605. The number of rotatable bonds is 4. The van der Waals surface area contributed by atoms with Crippen molar-refractivity contribution in [3.05, 3.63) is 0 Å². The van der Waals surface area contributed by atoms with Crippen LogP contribution in [0.1, 0.15) is 6.42 Å². The van der Waals surface area contributed by atoms with Crippen LogP contribution in [0.15, 0.2) is 4.63 Å². The van der Waals surface area contributed by atoms with Crippen molar-refractivity contribution in [2.75, 3.05) is 18.2 Å². The number of anilines is 1. The van der Waals surface area contributed by atoms with Crippen molar-refractivity contribution < 1.29 is 9.37 Å². The largest absolute Gasteiger partial charge is 0.476 e. The normalized spacial score (nSPS) is 10.7. The standard InChI is InChI=1S/C7H8ClN5O2/c8-2-1-3-14-6-4-5(13-15-12-4)10-7(9)11-6/h1-3H2,(H2,9,10,13). The molecule has 8 heteroatoms. The van der Waals surface area contributed by atoms with Gasteiger partial charge in [-0.1, -0.05) is 0 Å². The Kier molecular flexibility index (Phi) is 2.82. The molecule has 0 radical (unpaired) electrons. The van der Waals surface area contributed by atoms with E-state index < -0.39 is 0 Å². The number of nitrogen functional groups attached to an aromatic ring is 1. The zero-order valence-corrected chi connectivity index (χ0v) is 8.44. The molecule has 0 spiro atoms. The molecule has 0 saturated heterocycles. The SMILES string of the molecule is Nc1nc(OCCCCl)c2nonc2n1. The molecule has 0 aliphatic carbocycles. The van der Waals surface area contributed by atoms with Gasteiger partial charge in [-0.25, -0.2) is 4.63 Å². The average Bonchev–Trinajstić information content (AvgIpc) is 2.65. The molecular formula is C7H8ClN5O2. The Morgan fingerprint density at radius 2 is 2.20 bits per heavy atom. The highest BCUT2D eigenvalue weighted by Crippen LogP contribution is 2.19. The summed E-state index contributed by atoms with van der Waals surface area (Å²) in [7, 11) is 0. The van der Waals surface area contributed by atoms with Crippen LogP contribution in [0.3, 0.4) is 0 Å². The van der Waals surface area contributed by atoms with Crippen LogP contribution in [-0.2, 0) is 0 Å². The summed E-state index contributed by atoms with van der Waals surface area (Å²) >= 11 is 5.51. The van der Waals surface area contributed by atoms with Crippen molar-refractivity contribution in [2.45, 2.75) is 6.42 Å². The van der Waals surface area contributed by atoms with Gasteiger partial charge >= 0.3 is 0 Å². The third-order valence-corrected chi connectivity index (χ3v) is 1.89. The van der Waals surface area contributed by atoms with Crippen molar-refractivity contribution in [1.29, 1.82) is 0 Å². The molecule has 0 atom stereocenters. The van der Waals surface area contributed by atoms with E-state index >= 15 is 0 Å². The summed E-state index contributed by atoms with van der Waals surface area (Å²) in [5.41, 5.74) is 6.09. The highest BCUT2D eigenvalue weighted by atomic mass is 35.5. The summed E-state index contributed by atoms with van der Waals surface area (Å²) in [5, 5.41) is 7.16. The van der Waals surface area contributed by atoms with Crippen molar-refractivity contribution in [3.63, 3.8) is 0 Å². The highest BCUT2D eigenvalue weighted by Gasteiger charge is 2.12. The van der Waals surface area contributed by atoms with E-state index in [9.17, 15) is 0 Å². The lowest BCUT2D eigenvalue weighted by molar-refractivity contribution is 0.299. The smallest absolute Gasteiger partial charge is 0.251 e. The second kappa shape index (κ2) is 4.26. The van der Waals surface area contributed by atoms with E-state index in [1.807, 2.05) is 0 Å². The first-order valence-electron chi connectivity index (χ1n) is 4.26. The molecule has 0 aliphatic heterocycles. The lowest BCUT2D eigenvalue weighted by atomic mass is 10.5. The monoisotopic (exact) mass is 229 g/mol. The Labute approximate surface area is 89.5 Å². The minimum Gasteiger partial charge on any atom is -0.476 e. The maximum atomic E-state index is 5.51. The van der Waals surface area contributed by atoms with E-state index in [0.29, 0.717) is 24.4 Å². The van der Waals surface area contributed by atoms with Crippen LogP contribution in [0.25, 0.3) is 11.2 Å². The molecule has 7 nitrogen and oxygen atoms in total. The fraction of sp³-hybridized carbons (Fsp3) is 0.429. The molecule has 0 aromatic carbocycles. The fourth-order valence-corrected chi connectivity index (χ4v) is 1.12. The summed E-state index contributed by atoms with van der Waals surface area (Å²) in [5.74, 6) is 0.851. The van der Waals surface area contributed by atoms with Gasteiger partial charge in [0.2, 0.25) is 17.1 Å². The molecular weight excluding hydrogens is 222 g/mol. The molecule has 2 N–H and O–H groups in total. The van der Waals surface area contributed by atoms with Crippen LogP contribution in [0, 0.1) is 0 Å². The fourth-order valence-electron chi connectivity index (χ4n) is 1.01. The third kappa shape index (κ3) is 2.07. The summed E-state index contributed by atoms with van der Waals surface area (Å²) in [4.78, 5) is 7.70. The number of alkyl halides is 1. The Morgan fingerprint density at radius 3 is 3.00 bits per heavy atom. The summed E-state index contributed by atoms with van der Waals surface area (Å²) in [6.45, 7) is 0.432. The number of halogens is 1. The average molecular weight is 230 g/mol.